The van der Waals surface area contributed by atoms with Crippen LogP contribution in [0, 0.1) is 5.82 Å². The first-order valence-electron chi connectivity index (χ1n) is 4.61. The molecule has 96 valence electrons. The Morgan fingerprint density at radius 1 is 1.39 bits per heavy atom. The van der Waals surface area contributed by atoms with E-state index in [0.717, 1.165) is 12.1 Å². The van der Waals surface area contributed by atoms with Gasteiger partial charge in [-0.25, -0.2) is 14.0 Å². The first kappa shape index (κ1) is 14.1. The smallest absolute Gasteiger partial charge is 0.339 e. The van der Waals surface area contributed by atoms with E-state index in [2.05, 4.69) is 26.4 Å². The number of amides is 3. The van der Waals surface area contributed by atoms with Crippen LogP contribution in [0.5, 0.6) is 0 Å². The highest BCUT2D eigenvalue weighted by Crippen LogP contribution is 2.18. The van der Waals surface area contributed by atoms with Gasteiger partial charge < -0.3 is 10.5 Å². The summed E-state index contributed by atoms with van der Waals surface area (Å²) < 4.78 is 17.8. The van der Waals surface area contributed by atoms with Gasteiger partial charge in [0.15, 0.2) is 6.61 Å². The van der Waals surface area contributed by atoms with Crippen LogP contribution < -0.4 is 11.1 Å². The van der Waals surface area contributed by atoms with Crippen molar-refractivity contribution in [3.8, 4) is 0 Å². The van der Waals surface area contributed by atoms with E-state index in [4.69, 9.17) is 0 Å². The SMILES string of the molecule is NC(=O)NC(=O)COC(=O)c1cc(F)ccc1Br. The Balaban J connectivity index is 2.63. The average molecular weight is 319 g/mol. The fourth-order valence-electron chi connectivity index (χ4n) is 1.04. The molecular weight excluding hydrogens is 311 g/mol. The molecule has 0 saturated carbocycles. The molecule has 1 rings (SSSR count). The van der Waals surface area contributed by atoms with Gasteiger partial charge in [0.1, 0.15) is 5.82 Å². The number of ether oxygens (including phenoxy) is 1. The highest BCUT2D eigenvalue weighted by Gasteiger charge is 2.14. The van der Waals surface area contributed by atoms with Crippen molar-refractivity contribution < 1.29 is 23.5 Å². The van der Waals surface area contributed by atoms with E-state index in [1.165, 1.54) is 6.07 Å². The topological polar surface area (TPSA) is 98.5 Å². The van der Waals surface area contributed by atoms with Gasteiger partial charge in [-0.05, 0) is 34.1 Å². The lowest BCUT2D eigenvalue weighted by Gasteiger charge is -2.05. The third-order valence-electron chi connectivity index (χ3n) is 1.75. The number of rotatable bonds is 3. The summed E-state index contributed by atoms with van der Waals surface area (Å²) in [7, 11) is 0. The van der Waals surface area contributed by atoms with E-state index >= 15 is 0 Å². The van der Waals surface area contributed by atoms with Crippen molar-refractivity contribution in [2.24, 2.45) is 5.73 Å². The molecule has 1 aromatic rings. The van der Waals surface area contributed by atoms with Crippen LogP contribution in [0.4, 0.5) is 9.18 Å². The predicted molar refractivity (Wildman–Crippen MR) is 62.1 cm³/mol. The molecule has 0 bridgehead atoms. The molecule has 0 aliphatic carbocycles. The van der Waals surface area contributed by atoms with Crippen LogP contribution in [-0.4, -0.2) is 24.5 Å². The highest BCUT2D eigenvalue weighted by atomic mass is 79.9. The summed E-state index contributed by atoms with van der Waals surface area (Å²) in [6.45, 7) is -0.690. The minimum absolute atomic E-state index is 0.0677. The maximum atomic E-state index is 12.9. The predicted octanol–water partition coefficient (Wildman–Crippen LogP) is 0.940. The minimum Gasteiger partial charge on any atom is -0.452 e. The summed E-state index contributed by atoms with van der Waals surface area (Å²) in [5, 5.41) is 1.71. The van der Waals surface area contributed by atoms with E-state index < -0.39 is 30.3 Å². The Morgan fingerprint density at radius 2 is 2.06 bits per heavy atom. The summed E-state index contributed by atoms with van der Waals surface area (Å²) in [5.74, 6) is -2.39. The van der Waals surface area contributed by atoms with E-state index in [9.17, 15) is 18.8 Å². The Hall–Kier alpha value is -1.96. The zero-order valence-electron chi connectivity index (χ0n) is 8.91. The maximum absolute atomic E-state index is 12.9. The summed E-state index contributed by atoms with van der Waals surface area (Å²) in [6.07, 6.45) is 0. The van der Waals surface area contributed by atoms with Crippen molar-refractivity contribution in [1.82, 2.24) is 5.32 Å². The molecule has 0 atom stereocenters. The van der Waals surface area contributed by atoms with Crippen LogP contribution in [0.25, 0.3) is 0 Å². The highest BCUT2D eigenvalue weighted by molar-refractivity contribution is 9.10. The summed E-state index contributed by atoms with van der Waals surface area (Å²) in [4.78, 5) is 32.8. The van der Waals surface area contributed by atoms with Crippen molar-refractivity contribution in [1.29, 1.82) is 0 Å². The number of hydrogen-bond acceptors (Lipinski definition) is 4. The third kappa shape index (κ3) is 4.13. The van der Waals surface area contributed by atoms with Crippen molar-refractivity contribution in [3.63, 3.8) is 0 Å². The van der Waals surface area contributed by atoms with Crippen LogP contribution in [0.1, 0.15) is 10.4 Å². The van der Waals surface area contributed by atoms with Crippen LogP contribution in [0.15, 0.2) is 22.7 Å². The molecule has 0 fully saturated rings. The zero-order valence-corrected chi connectivity index (χ0v) is 10.5. The van der Waals surface area contributed by atoms with Crippen molar-refractivity contribution in [2.75, 3.05) is 6.61 Å². The number of nitrogens with one attached hydrogen (secondary N) is 1. The molecule has 0 aromatic heterocycles. The fraction of sp³-hybridized carbons (Fsp3) is 0.100. The Morgan fingerprint density at radius 3 is 2.67 bits per heavy atom. The Bertz CT molecular complexity index is 507. The van der Waals surface area contributed by atoms with Crippen molar-refractivity contribution in [3.05, 3.63) is 34.1 Å². The summed E-state index contributed by atoms with van der Waals surface area (Å²) in [5.41, 5.74) is 4.62. The lowest BCUT2D eigenvalue weighted by atomic mass is 10.2. The van der Waals surface area contributed by atoms with Gasteiger partial charge in [0.2, 0.25) is 0 Å². The van der Waals surface area contributed by atoms with Gasteiger partial charge in [0, 0.05) is 4.47 Å². The third-order valence-corrected chi connectivity index (χ3v) is 2.44. The molecule has 18 heavy (non-hydrogen) atoms. The average Bonchev–Trinajstić information content (AvgIpc) is 2.28. The summed E-state index contributed by atoms with van der Waals surface area (Å²) >= 11 is 3.04. The number of hydrogen-bond donors (Lipinski definition) is 2. The lowest BCUT2D eigenvalue weighted by molar-refractivity contribution is -0.123. The first-order chi connectivity index (χ1) is 8.40. The summed E-state index contributed by atoms with van der Waals surface area (Å²) in [6, 6.07) is 2.39. The van der Waals surface area contributed by atoms with Gasteiger partial charge in [0.05, 0.1) is 5.56 Å². The van der Waals surface area contributed by atoms with Gasteiger partial charge >= 0.3 is 12.0 Å². The molecular formula is C10H8BrFN2O4. The molecule has 6 nitrogen and oxygen atoms in total. The number of nitrogens with two attached hydrogens (primary N) is 1. The van der Waals surface area contributed by atoms with Gasteiger partial charge in [0.25, 0.3) is 5.91 Å². The number of primary amides is 1. The molecule has 0 heterocycles. The number of imide groups is 1. The standard InChI is InChI=1S/C10H8BrFN2O4/c11-7-2-1-5(12)3-6(7)9(16)18-4-8(15)14-10(13)17/h1-3H,4H2,(H3,13,14,15,17). The van der Waals surface area contributed by atoms with Gasteiger partial charge in [-0.3, -0.25) is 10.1 Å². The van der Waals surface area contributed by atoms with Gasteiger partial charge in [-0.1, -0.05) is 0 Å². The molecule has 3 amide bonds. The molecule has 3 N–H and O–H groups in total. The molecule has 1 aromatic carbocycles. The maximum Gasteiger partial charge on any atom is 0.339 e. The minimum atomic E-state index is -1.05. The van der Waals surface area contributed by atoms with Gasteiger partial charge in [-0.2, -0.15) is 0 Å². The van der Waals surface area contributed by atoms with E-state index in [1.807, 2.05) is 0 Å². The number of carbonyl (C=O) groups excluding carboxylic acids is 3. The van der Waals surface area contributed by atoms with Crippen LogP contribution >= 0.6 is 15.9 Å². The monoisotopic (exact) mass is 318 g/mol. The Kier molecular flexibility index (Phi) is 4.78. The number of benzene rings is 1. The van der Waals surface area contributed by atoms with Crippen LogP contribution in [-0.2, 0) is 9.53 Å². The van der Waals surface area contributed by atoms with E-state index in [-0.39, 0.29) is 5.56 Å². The van der Waals surface area contributed by atoms with Crippen molar-refractivity contribution in [2.45, 2.75) is 0 Å². The molecule has 8 heteroatoms. The number of carbonyl (C=O) groups is 3. The first-order valence-corrected chi connectivity index (χ1v) is 5.41. The van der Waals surface area contributed by atoms with Gasteiger partial charge in [-0.15, -0.1) is 0 Å². The molecule has 0 spiro atoms. The van der Waals surface area contributed by atoms with E-state index in [0.29, 0.717) is 4.47 Å². The number of esters is 1. The molecule has 0 saturated heterocycles. The number of halogens is 2. The number of urea groups is 1. The molecule has 0 aliphatic heterocycles. The molecule has 0 aliphatic rings. The molecule has 0 unspecified atom stereocenters. The quantitative estimate of drug-likeness (QED) is 0.810. The Labute approximate surface area is 109 Å². The molecule has 0 radical (unpaired) electrons. The van der Waals surface area contributed by atoms with Crippen LogP contribution in [0.3, 0.4) is 0 Å². The normalized spacial score (nSPS) is 9.67. The second kappa shape index (κ2) is 6.10. The lowest BCUT2D eigenvalue weighted by Crippen LogP contribution is -2.37. The second-order valence-electron chi connectivity index (χ2n) is 3.11. The van der Waals surface area contributed by atoms with E-state index in [1.54, 1.807) is 5.32 Å². The van der Waals surface area contributed by atoms with Crippen LogP contribution in [0.2, 0.25) is 0 Å². The van der Waals surface area contributed by atoms with Crippen molar-refractivity contribution >= 4 is 33.8 Å². The zero-order chi connectivity index (χ0) is 13.7. The second-order valence-corrected chi connectivity index (χ2v) is 3.97. The fourth-order valence-corrected chi connectivity index (χ4v) is 1.44. The largest absolute Gasteiger partial charge is 0.452 e.